The zero-order valence-electron chi connectivity index (χ0n) is 18.7. The van der Waals surface area contributed by atoms with Gasteiger partial charge in [-0.3, -0.25) is 4.68 Å². The highest BCUT2D eigenvalue weighted by molar-refractivity contribution is 7.89. The molecule has 2 rings (SSSR count). The first kappa shape index (κ1) is 23.7. The normalized spacial score (nSPS) is 16.9. The van der Waals surface area contributed by atoms with Crippen LogP contribution in [0.15, 0.2) is 4.99 Å². The van der Waals surface area contributed by atoms with Gasteiger partial charge < -0.3 is 10.6 Å². The quantitative estimate of drug-likeness (QED) is 0.464. The van der Waals surface area contributed by atoms with Gasteiger partial charge in [0.1, 0.15) is 0 Å². The second kappa shape index (κ2) is 11.0. The van der Waals surface area contributed by atoms with Gasteiger partial charge in [-0.2, -0.15) is 5.10 Å². The van der Waals surface area contributed by atoms with E-state index in [2.05, 4.69) is 36.5 Å². The average molecular weight is 427 g/mol. The number of hydrogen-bond donors (Lipinski definition) is 2. The number of guanidine groups is 1. The van der Waals surface area contributed by atoms with Crippen molar-refractivity contribution in [3.63, 3.8) is 0 Å². The Labute approximate surface area is 176 Å². The Hall–Kier alpha value is -1.61. The van der Waals surface area contributed by atoms with E-state index in [0.717, 1.165) is 43.9 Å². The molecule has 1 aromatic heterocycles. The molecule has 9 heteroatoms. The third-order valence-corrected chi connectivity index (χ3v) is 7.49. The van der Waals surface area contributed by atoms with E-state index in [9.17, 15) is 8.42 Å². The van der Waals surface area contributed by atoms with Gasteiger partial charge in [0.05, 0.1) is 18.0 Å². The molecule has 2 N–H and O–H groups in total. The van der Waals surface area contributed by atoms with Crippen molar-refractivity contribution < 1.29 is 8.42 Å². The molecule has 166 valence electrons. The van der Waals surface area contributed by atoms with Crippen molar-refractivity contribution in [1.29, 1.82) is 0 Å². The van der Waals surface area contributed by atoms with Crippen LogP contribution in [0.3, 0.4) is 0 Å². The van der Waals surface area contributed by atoms with Crippen LogP contribution >= 0.6 is 0 Å². The minimum absolute atomic E-state index is 0.228. The number of sulfonamides is 1. The summed E-state index contributed by atoms with van der Waals surface area (Å²) in [6.45, 7) is 10.7. The Morgan fingerprint density at radius 2 is 1.86 bits per heavy atom. The lowest BCUT2D eigenvalue weighted by molar-refractivity contribution is 0.306. The van der Waals surface area contributed by atoms with E-state index in [1.54, 1.807) is 4.31 Å². The van der Waals surface area contributed by atoms with Crippen molar-refractivity contribution in [3.8, 4) is 0 Å². The molecular weight excluding hydrogens is 388 g/mol. The van der Waals surface area contributed by atoms with E-state index in [0.29, 0.717) is 26.1 Å². The third-order valence-electron chi connectivity index (χ3n) is 5.42. The Bertz CT molecular complexity index is 779. The van der Waals surface area contributed by atoms with Gasteiger partial charge in [0.15, 0.2) is 5.96 Å². The van der Waals surface area contributed by atoms with Crippen molar-refractivity contribution in [2.24, 2.45) is 12.0 Å². The highest BCUT2D eigenvalue weighted by Gasteiger charge is 2.27. The number of nitrogens with zero attached hydrogens (tertiary/aromatic N) is 4. The summed E-state index contributed by atoms with van der Waals surface area (Å²) < 4.78 is 28.1. The number of piperidine rings is 1. The van der Waals surface area contributed by atoms with Crippen molar-refractivity contribution in [2.75, 3.05) is 25.4 Å². The molecule has 0 spiro atoms. The van der Waals surface area contributed by atoms with Crippen LogP contribution in [0, 0.1) is 0 Å². The Morgan fingerprint density at radius 1 is 1.17 bits per heavy atom. The summed E-state index contributed by atoms with van der Waals surface area (Å²) in [5.74, 6) is 1.02. The predicted molar refractivity (Wildman–Crippen MR) is 119 cm³/mol. The van der Waals surface area contributed by atoms with Gasteiger partial charge in [0, 0.05) is 44.0 Å². The molecule has 29 heavy (non-hydrogen) atoms. The van der Waals surface area contributed by atoms with Gasteiger partial charge in [-0.25, -0.2) is 17.7 Å². The van der Waals surface area contributed by atoms with E-state index in [1.165, 1.54) is 11.3 Å². The first-order chi connectivity index (χ1) is 13.9. The maximum Gasteiger partial charge on any atom is 0.214 e. The van der Waals surface area contributed by atoms with Gasteiger partial charge in [0.25, 0.3) is 0 Å². The molecule has 0 bridgehead atoms. The summed E-state index contributed by atoms with van der Waals surface area (Å²) in [5, 5.41) is 11.5. The summed E-state index contributed by atoms with van der Waals surface area (Å²) in [6, 6.07) is 0.228. The molecule has 8 nitrogen and oxygen atoms in total. The highest BCUT2D eigenvalue weighted by atomic mass is 32.2. The minimum atomic E-state index is -3.10. The first-order valence-corrected chi connectivity index (χ1v) is 12.5. The van der Waals surface area contributed by atoms with Gasteiger partial charge >= 0.3 is 0 Å². The van der Waals surface area contributed by atoms with E-state index >= 15 is 0 Å². The largest absolute Gasteiger partial charge is 0.357 e. The molecule has 1 fully saturated rings. The third kappa shape index (κ3) is 6.18. The number of aliphatic imine (C=N–C) groups is 1. The lowest BCUT2D eigenvalue weighted by Crippen LogP contribution is -2.50. The van der Waals surface area contributed by atoms with Crippen LogP contribution in [0.25, 0.3) is 0 Å². The van der Waals surface area contributed by atoms with Crippen LogP contribution in [0.5, 0.6) is 0 Å². The monoisotopic (exact) mass is 426 g/mol. The number of hydrogen-bond acceptors (Lipinski definition) is 4. The van der Waals surface area contributed by atoms with Crippen molar-refractivity contribution >= 4 is 16.0 Å². The lowest BCUT2D eigenvalue weighted by atomic mass is 10.1. The Morgan fingerprint density at radius 3 is 2.41 bits per heavy atom. The van der Waals surface area contributed by atoms with E-state index in [4.69, 9.17) is 4.99 Å². The van der Waals surface area contributed by atoms with Crippen LogP contribution in [0.2, 0.25) is 0 Å². The topological polar surface area (TPSA) is 91.6 Å². The molecular formula is C20H38N6O2S. The van der Waals surface area contributed by atoms with Crippen molar-refractivity contribution in [1.82, 2.24) is 24.7 Å². The van der Waals surface area contributed by atoms with Gasteiger partial charge in [-0.1, -0.05) is 20.8 Å². The second-order valence-corrected chi connectivity index (χ2v) is 9.62. The standard InChI is InChI=1S/C20H38N6O2S/c1-6-14-29(27,28)26-12-10-16(11-13-26)23-20(21-9-4)22-15-17-18(7-2)24-25(5)19(17)8-3/h16H,6-15H2,1-5H3,(H2,21,22,23). The van der Waals surface area contributed by atoms with E-state index < -0.39 is 10.0 Å². The minimum Gasteiger partial charge on any atom is -0.357 e. The average Bonchev–Trinajstić information content (AvgIpc) is 3.01. The molecule has 2 heterocycles. The van der Waals surface area contributed by atoms with Crippen LogP contribution in [0.1, 0.15) is 63.9 Å². The molecule has 0 radical (unpaired) electrons. The predicted octanol–water partition coefficient (Wildman–Crippen LogP) is 1.80. The Kier molecular flexibility index (Phi) is 8.95. The summed E-state index contributed by atoms with van der Waals surface area (Å²) in [4.78, 5) is 4.81. The summed E-state index contributed by atoms with van der Waals surface area (Å²) in [6.07, 6.45) is 4.07. The Balaban J connectivity index is 2.03. The fourth-order valence-corrected chi connectivity index (χ4v) is 5.45. The van der Waals surface area contributed by atoms with Gasteiger partial charge in [0.2, 0.25) is 10.0 Å². The molecule has 0 unspecified atom stereocenters. The molecule has 0 saturated carbocycles. The maximum absolute atomic E-state index is 12.3. The zero-order chi connectivity index (χ0) is 21.4. The van der Waals surface area contributed by atoms with Crippen LogP contribution in [-0.4, -0.2) is 59.9 Å². The summed E-state index contributed by atoms with van der Waals surface area (Å²) in [5.41, 5.74) is 3.56. The number of rotatable bonds is 9. The first-order valence-electron chi connectivity index (χ1n) is 10.9. The number of aromatic nitrogens is 2. The SMILES string of the molecule is CCCS(=O)(=O)N1CCC(NC(=NCc2c(CC)nn(C)c2CC)NCC)CC1. The number of nitrogens with one attached hydrogen (secondary N) is 2. The molecule has 1 aromatic rings. The van der Waals surface area contributed by atoms with Crippen LogP contribution in [-0.2, 0) is 36.5 Å². The van der Waals surface area contributed by atoms with Crippen LogP contribution in [0.4, 0.5) is 0 Å². The van der Waals surface area contributed by atoms with Gasteiger partial charge in [-0.15, -0.1) is 0 Å². The fraction of sp³-hybridized carbons (Fsp3) is 0.800. The maximum atomic E-state index is 12.3. The molecule has 1 aliphatic rings. The summed E-state index contributed by atoms with van der Waals surface area (Å²) >= 11 is 0. The number of aryl methyl sites for hydroxylation is 2. The van der Waals surface area contributed by atoms with Crippen molar-refractivity contribution in [3.05, 3.63) is 17.0 Å². The van der Waals surface area contributed by atoms with E-state index in [-0.39, 0.29) is 11.8 Å². The molecule has 0 amide bonds. The molecule has 1 saturated heterocycles. The summed E-state index contributed by atoms with van der Waals surface area (Å²) in [7, 11) is -1.11. The van der Waals surface area contributed by atoms with Crippen molar-refractivity contribution in [2.45, 2.75) is 72.4 Å². The van der Waals surface area contributed by atoms with Crippen LogP contribution < -0.4 is 10.6 Å². The molecule has 0 aliphatic carbocycles. The smallest absolute Gasteiger partial charge is 0.214 e. The molecule has 0 atom stereocenters. The second-order valence-electron chi connectivity index (χ2n) is 7.53. The molecule has 0 aromatic carbocycles. The molecule has 1 aliphatic heterocycles. The zero-order valence-corrected chi connectivity index (χ0v) is 19.5. The van der Waals surface area contributed by atoms with E-state index in [1.807, 2.05) is 18.7 Å². The highest BCUT2D eigenvalue weighted by Crippen LogP contribution is 2.17. The fourth-order valence-electron chi connectivity index (χ4n) is 3.91. The van der Waals surface area contributed by atoms with Gasteiger partial charge in [-0.05, 0) is 39.0 Å². The lowest BCUT2D eigenvalue weighted by Gasteiger charge is -2.32.